The second-order valence-corrected chi connectivity index (χ2v) is 4.99. The summed E-state index contributed by atoms with van der Waals surface area (Å²) in [6.45, 7) is 10.8. The van der Waals surface area contributed by atoms with Gasteiger partial charge >= 0.3 is 0 Å². The lowest BCUT2D eigenvalue weighted by Crippen LogP contribution is -2.32. The minimum absolute atomic E-state index is 0.530. The number of hydrogen-bond acceptors (Lipinski definition) is 4. The molecule has 0 spiro atoms. The molecule has 90 valence electrons. The van der Waals surface area contributed by atoms with Crippen molar-refractivity contribution in [3.8, 4) is 0 Å². The van der Waals surface area contributed by atoms with Gasteiger partial charge in [0, 0.05) is 19.2 Å². The van der Waals surface area contributed by atoms with Crippen molar-refractivity contribution >= 4 is 11.6 Å². The Morgan fingerprint density at radius 1 is 1.12 bits per heavy atom. The van der Waals surface area contributed by atoms with Gasteiger partial charge in [-0.15, -0.1) is 0 Å². The van der Waals surface area contributed by atoms with E-state index in [0.29, 0.717) is 17.7 Å². The first-order valence-electron chi connectivity index (χ1n) is 5.81. The maximum atomic E-state index is 5.68. The Morgan fingerprint density at radius 2 is 1.69 bits per heavy atom. The van der Waals surface area contributed by atoms with E-state index in [0.717, 1.165) is 18.9 Å². The Kier molecular flexibility index (Phi) is 4.52. The van der Waals surface area contributed by atoms with Crippen LogP contribution in [0.4, 0.5) is 11.6 Å². The molecule has 0 atom stereocenters. The molecule has 1 rings (SSSR count). The monoisotopic (exact) mass is 222 g/mol. The second-order valence-electron chi connectivity index (χ2n) is 4.99. The van der Waals surface area contributed by atoms with Crippen molar-refractivity contribution in [1.82, 2.24) is 9.97 Å². The number of nitrogens with zero attached hydrogens (tertiary/aromatic N) is 3. The molecule has 4 heteroatoms. The molecule has 0 aliphatic carbocycles. The van der Waals surface area contributed by atoms with Crippen LogP contribution in [0.5, 0.6) is 0 Å². The molecular weight excluding hydrogens is 200 g/mol. The van der Waals surface area contributed by atoms with Crippen LogP contribution in [0.3, 0.4) is 0 Å². The van der Waals surface area contributed by atoms with Crippen molar-refractivity contribution < 1.29 is 0 Å². The number of nitrogens with two attached hydrogens (primary N) is 1. The van der Waals surface area contributed by atoms with Gasteiger partial charge in [-0.05, 0) is 11.8 Å². The van der Waals surface area contributed by atoms with E-state index in [2.05, 4.69) is 42.6 Å². The lowest BCUT2D eigenvalue weighted by atomic mass is 10.1. The zero-order valence-corrected chi connectivity index (χ0v) is 10.6. The highest BCUT2D eigenvalue weighted by molar-refractivity contribution is 5.45. The van der Waals surface area contributed by atoms with Crippen LogP contribution in [0.2, 0.25) is 0 Å². The molecule has 4 nitrogen and oxygen atoms in total. The molecule has 2 N–H and O–H groups in total. The van der Waals surface area contributed by atoms with Crippen molar-refractivity contribution in [3.05, 3.63) is 12.4 Å². The van der Waals surface area contributed by atoms with Crippen LogP contribution in [0.1, 0.15) is 27.7 Å². The third kappa shape index (κ3) is 4.04. The first-order chi connectivity index (χ1) is 7.49. The SMILES string of the molecule is CC(C)CN(CC(C)C)c1cc(N)ncn1. The molecule has 1 heterocycles. The summed E-state index contributed by atoms with van der Waals surface area (Å²) in [6.07, 6.45) is 1.53. The number of aromatic nitrogens is 2. The van der Waals surface area contributed by atoms with Crippen molar-refractivity contribution in [3.63, 3.8) is 0 Å². The predicted molar refractivity (Wildman–Crippen MR) is 68.3 cm³/mol. The van der Waals surface area contributed by atoms with Crippen molar-refractivity contribution in [2.75, 3.05) is 23.7 Å². The van der Waals surface area contributed by atoms with Crippen LogP contribution in [-0.4, -0.2) is 23.1 Å². The van der Waals surface area contributed by atoms with Gasteiger partial charge in [0.15, 0.2) is 0 Å². The molecule has 0 saturated heterocycles. The van der Waals surface area contributed by atoms with Crippen LogP contribution in [0, 0.1) is 11.8 Å². The van der Waals surface area contributed by atoms with Gasteiger partial charge in [-0.25, -0.2) is 9.97 Å². The molecule has 16 heavy (non-hydrogen) atoms. The summed E-state index contributed by atoms with van der Waals surface area (Å²) in [5.41, 5.74) is 5.68. The third-order valence-electron chi connectivity index (χ3n) is 2.17. The summed E-state index contributed by atoms with van der Waals surface area (Å²) in [7, 11) is 0. The predicted octanol–water partition coefficient (Wildman–Crippen LogP) is 2.18. The van der Waals surface area contributed by atoms with Gasteiger partial charge in [-0.2, -0.15) is 0 Å². The van der Waals surface area contributed by atoms with Gasteiger partial charge in [-0.3, -0.25) is 0 Å². The molecular formula is C12H22N4. The van der Waals surface area contributed by atoms with E-state index in [1.165, 1.54) is 6.33 Å². The zero-order chi connectivity index (χ0) is 12.1. The van der Waals surface area contributed by atoms with Gasteiger partial charge in [0.2, 0.25) is 0 Å². The van der Waals surface area contributed by atoms with E-state index in [4.69, 9.17) is 5.73 Å². The summed E-state index contributed by atoms with van der Waals surface area (Å²) in [4.78, 5) is 10.5. The summed E-state index contributed by atoms with van der Waals surface area (Å²) in [5, 5.41) is 0. The Balaban J connectivity index is 2.82. The van der Waals surface area contributed by atoms with Crippen LogP contribution in [-0.2, 0) is 0 Å². The Hall–Kier alpha value is -1.32. The summed E-state index contributed by atoms with van der Waals surface area (Å²) >= 11 is 0. The number of nitrogen functional groups attached to an aromatic ring is 1. The molecule has 1 aromatic rings. The van der Waals surface area contributed by atoms with Crippen molar-refractivity contribution in [1.29, 1.82) is 0 Å². The van der Waals surface area contributed by atoms with Gasteiger partial charge in [0.1, 0.15) is 18.0 Å². The van der Waals surface area contributed by atoms with Crippen LogP contribution >= 0.6 is 0 Å². The van der Waals surface area contributed by atoms with Crippen LogP contribution in [0.15, 0.2) is 12.4 Å². The lowest BCUT2D eigenvalue weighted by Gasteiger charge is -2.27. The molecule has 0 fully saturated rings. The fraction of sp³-hybridized carbons (Fsp3) is 0.667. The number of rotatable bonds is 5. The smallest absolute Gasteiger partial charge is 0.134 e. The summed E-state index contributed by atoms with van der Waals surface area (Å²) in [6, 6.07) is 1.84. The standard InChI is InChI=1S/C12H22N4/c1-9(2)6-16(7-10(3)4)12-5-11(13)14-8-15-12/h5,8-10H,6-7H2,1-4H3,(H2,13,14,15). The molecule has 1 aromatic heterocycles. The van der Waals surface area contributed by atoms with E-state index < -0.39 is 0 Å². The van der Waals surface area contributed by atoms with E-state index in [9.17, 15) is 0 Å². The lowest BCUT2D eigenvalue weighted by molar-refractivity contribution is 0.548. The average molecular weight is 222 g/mol. The van der Waals surface area contributed by atoms with E-state index >= 15 is 0 Å². The summed E-state index contributed by atoms with van der Waals surface area (Å²) < 4.78 is 0. The maximum absolute atomic E-state index is 5.68. The zero-order valence-electron chi connectivity index (χ0n) is 10.6. The molecule has 0 saturated carbocycles. The molecule has 0 aliphatic rings. The average Bonchev–Trinajstić information content (AvgIpc) is 2.15. The minimum Gasteiger partial charge on any atom is -0.384 e. The van der Waals surface area contributed by atoms with Gasteiger partial charge in [0.05, 0.1) is 0 Å². The van der Waals surface area contributed by atoms with E-state index in [1.54, 1.807) is 0 Å². The molecule has 0 amide bonds. The van der Waals surface area contributed by atoms with Crippen LogP contribution < -0.4 is 10.6 Å². The molecule has 0 radical (unpaired) electrons. The van der Waals surface area contributed by atoms with Gasteiger partial charge in [0.25, 0.3) is 0 Å². The second kappa shape index (κ2) is 5.68. The fourth-order valence-electron chi connectivity index (χ4n) is 1.68. The van der Waals surface area contributed by atoms with E-state index in [-0.39, 0.29) is 0 Å². The largest absolute Gasteiger partial charge is 0.384 e. The third-order valence-corrected chi connectivity index (χ3v) is 2.17. The van der Waals surface area contributed by atoms with Crippen molar-refractivity contribution in [2.24, 2.45) is 11.8 Å². The fourth-order valence-corrected chi connectivity index (χ4v) is 1.68. The van der Waals surface area contributed by atoms with Crippen LogP contribution in [0.25, 0.3) is 0 Å². The first kappa shape index (κ1) is 12.7. The van der Waals surface area contributed by atoms with Crippen molar-refractivity contribution in [2.45, 2.75) is 27.7 Å². The molecule has 0 aromatic carbocycles. The highest BCUT2D eigenvalue weighted by atomic mass is 15.2. The topological polar surface area (TPSA) is 55.0 Å². The summed E-state index contributed by atoms with van der Waals surface area (Å²) in [5.74, 6) is 2.67. The maximum Gasteiger partial charge on any atom is 0.134 e. The minimum atomic E-state index is 0.530. The quantitative estimate of drug-likeness (QED) is 0.829. The Labute approximate surface area is 97.9 Å². The van der Waals surface area contributed by atoms with Gasteiger partial charge < -0.3 is 10.6 Å². The number of hydrogen-bond donors (Lipinski definition) is 1. The highest BCUT2D eigenvalue weighted by Gasteiger charge is 2.11. The van der Waals surface area contributed by atoms with Gasteiger partial charge in [-0.1, -0.05) is 27.7 Å². The molecule has 0 aliphatic heterocycles. The Bertz CT molecular complexity index is 313. The molecule has 0 bridgehead atoms. The van der Waals surface area contributed by atoms with E-state index in [1.807, 2.05) is 6.07 Å². The molecule has 0 unspecified atom stereocenters. The number of anilines is 2. The highest BCUT2D eigenvalue weighted by Crippen LogP contribution is 2.15. The normalized spacial score (nSPS) is 11.1. The first-order valence-corrected chi connectivity index (χ1v) is 5.81. The Morgan fingerprint density at radius 3 is 2.12 bits per heavy atom.